The number of nitrogens with zero attached hydrogens (tertiary/aromatic N) is 1. The first kappa shape index (κ1) is 19.2. The number of benzene rings is 1. The zero-order valence-corrected chi connectivity index (χ0v) is 15.1. The third-order valence-electron chi connectivity index (χ3n) is 4.27. The quantitative estimate of drug-likeness (QED) is 0.609. The molecule has 0 bridgehead atoms. The van der Waals surface area contributed by atoms with Crippen LogP contribution in [0.2, 0.25) is 0 Å². The van der Waals surface area contributed by atoms with Crippen LogP contribution in [0.3, 0.4) is 0 Å². The molecule has 2 atom stereocenters. The molecule has 1 unspecified atom stereocenters. The zero-order valence-electron chi connectivity index (χ0n) is 15.1. The monoisotopic (exact) mass is 353 g/mol. The minimum atomic E-state index is -0.928. The number of esters is 1. The molecule has 0 radical (unpaired) electrons. The van der Waals surface area contributed by atoms with Crippen molar-refractivity contribution in [2.24, 2.45) is 5.92 Å². The van der Waals surface area contributed by atoms with Crippen molar-refractivity contribution in [3.8, 4) is 0 Å². The molecule has 0 aliphatic carbocycles. The lowest BCUT2D eigenvalue weighted by molar-refractivity contribution is -0.148. The van der Waals surface area contributed by atoms with Crippen LogP contribution in [-0.2, 0) is 14.3 Å². The highest BCUT2D eigenvalue weighted by molar-refractivity contribution is 5.74. The Morgan fingerprint density at radius 1 is 1.28 bits per heavy atom. The molecule has 1 heterocycles. The highest BCUT2D eigenvalue weighted by Crippen LogP contribution is 2.35. The number of ether oxygens (including phenoxy) is 2. The van der Waals surface area contributed by atoms with Crippen molar-refractivity contribution in [1.82, 2.24) is 4.90 Å². The number of halogens is 2. The van der Waals surface area contributed by atoms with E-state index in [0.717, 1.165) is 12.1 Å². The number of methoxy groups -OCH3 is 1. The van der Waals surface area contributed by atoms with Crippen LogP contribution >= 0.6 is 0 Å². The number of likely N-dealkylation sites (tertiary alicyclic amines) is 1. The lowest BCUT2D eigenvalue weighted by Gasteiger charge is -2.40. The second-order valence-electron chi connectivity index (χ2n) is 7.25. The number of carbonyl (C=O) groups excluding carboxylic acids is 1. The molecule has 1 aliphatic heterocycles. The highest BCUT2D eigenvalue weighted by Gasteiger charge is 2.37. The molecule has 4 nitrogen and oxygen atoms in total. The minimum absolute atomic E-state index is 0.336. The van der Waals surface area contributed by atoms with Crippen LogP contribution in [0.15, 0.2) is 30.7 Å². The van der Waals surface area contributed by atoms with Gasteiger partial charge in [0, 0.05) is 19.0 Å². The average Bonchev–Trinajstić information content (AvgIpc) is 2.54. The Kier molecular flexibility index (Phi) is 5.70. The number of hydrogen-bond donors (Lipinski definition) is 0. The maximum absolute atomic E-state index is 13.7. The molecular weight excluding hydrogens is 328 g/mol. The van der Waals surface area contributed by atoms with Crippen LogP contribution in [0.25, 0.3) is 0 Å². The summed E-state index contributed by atoms with van der Waals surface area (Å²) in [6.07, 6.45) is 0.517. The van der Waals surface area contributed by atoms with Gasteiger partial charge in [-0.25, -0.2) is 8.78 Å². The van der Waals surface area contributed by atoms with E-state index >= 15 is 0 Å². The van der Waals surface area contributed by atoms with Crippen LogP contribution in [0.5, 0.6) is 0 Å². The molecule has 0 N–H and O–H groups in total. The van der Waals surface area contributed by atoms with E-state index in [1.165, 1.54) is 13.2 Å². The topological polar surface area (TPSA) is 38.8 Å². The summed E-state index contributed by atoms with van der Waals surface area (Å²) in [6, 6.07) is 3.74. The summed E-state index contributed by atoms with van der Waals surface area (Å²) in [6.45, 7) is 10.7. The van der Waals surface area contributed by atoms with Crippen LogP contribution < -0.4 is 0 Å². The summed E-state index contributed by atoms with van der Waals surface area (Å²) in [5.74, 6) is -2.44. The SMILES string of the molecule is C=C(OC(C)(C)C)N1CCC(C(=O)OC)[C@@H](c2ccc(F)c(F)c2)C1. The van der Waals surface area contributed by atoms with E-state index in [4.69, 9.17) is 9.47 Å². The summed E-state index contributed by atoms with van der Waals surface area (Å²) in [4.78, 5) is 14.1. The predicted octanol–water partition coefficient (Wildman–Crippen LogP) is 3.83. The van der Waals surface area contributed by atoms with Crippen molar-refractivity contribution >= 4 is 5.97 Å². The summed E-state index contributed by atoms with van der Waals surface area (Å²) in [5, 5.41) is 0. The van der Waals surface area contributed by atoms with E-state index in [1.54, 1.807) is 0 Å². The Morgan fingerprint density at radius 3 is 2.52 bits per heavy atom. The Labute approximate surface area is 147 Å². The Balaban J connectivity index is 2.27. The van der Waals surface area contributed by atoms with Gasteiger partial charge in [0.25, 0.3) is 0 Å². The molecule has 2 rings (SSSR count). The van der Waals surface area contributed by atoms with E-state index in [-0.39, 0.29) is 11.9 Å². The smallest absolute Gasteiger partial charge is 0.309 e. The summed E-state index contributed by atoms with van der Waals surface area (Å²) >= 11 is 0. The fraction of sp³-hybridized carbons (Fsp3) is 0.526. The van der Waals surface area contributed by atoms with Crippen molar-refractivity contribution in [1.29, 1.82) is 0 Å². The van der Waals surface area contributed by atoms with Gasteiger partial charge in [0.2, 0.25) is 0 Å². The maximum Gasteiger partial charge on any atom is 0.309 e. The van der Waals surface area contributed by atoms with Crippen LogP contribution in [0.4, 0.5) is 8.78 Å². The van der Waals surface area contributed by atoms with Crippen LogP contribution in [0.1, 0.15) is 38.7 Å². The molecule has 1 aliphatic rings. The lowest BCUT2D eigenvalue weighted by Crippen LogP contribution is -2.43. The van der Waals surface area contributed by atoms with E-state index in [9.17, 15) is 13.6 Å². The molecule has 0 aromatic heterocycles. The number of carbonyl (C=O) groups is 1. The van der Waals surface area contributed by atoms with Crippen LogP contribution in [0, 0.1) is 17.6 Å². The lowest BCUT2D eigenvalue weighted by atomic mass is 9.80. The van der Waals surface area contributed by atoms with Gasteiger partial charge in [0.1, 0.15) is 5.60 Å². The fourth-order valence-corrected chi connectivity index (χ4v) is 3.11. The van der Waals surface area contributed by atoms with Gasteiger partial charge in [-0.15, -0.1) is 0 Å². The first-order chi connectivity index (χ1) is 11.6. The Hall–Kier alpha value is -2.11. The van der Waals surface area contributed by atoms with Gasteiger partial charge in [0.15, 0.2) is 17.5 Å². The van der Waals surface area contributed by atoms with Gasteiger partial charge in [-0.3, -0.25) is 4.79 Å². The van der Waals surface area contributed by atoms with Gasteiger partial charge in [-0.2, -0.15) is 0 Å². The predicted molar refractivity (Wildman–Crippen MR) is 90.8 cm³/mol. The summed E-state index contributed by atoms with van der Waals surface area (Å²) in [7, 11) is 1.33. The molecule has 1 aromatic carbocycles. The fourth-order valence-electron chi connectivity index (χ4n) is 3.11. The first-order valence-corrected chi connectivity index (χ1v) is 8.28. The van der Waals surface area contributed by atoms with E-state index < -0.39 is 23.2 Å². The summed E-state index contributed by atoms with van der Waals surface area (Å²) in [5.41, 5.74) is 0.163. The highest BCUT2D eigenvalue weighted by atomic mass is 19.2. The third-order valence-corrected chi connectivity index (χ3v) is 4.27. The molecular formula is C19H25F2NO3. The molecule has 138 valence electrons. The van der Waals surface area contributed by atoms with Crippen molar-refractivity contribution < 1.29 is 23.0 Å². The Morgan fingerprint density at radius 2 is 1.96 bits per heavy atom. The Bertz CT molecular complexity index is 655. The first-order valence-electron chi connectivity index (χ1n) is 8.28. The molecule has 0 amide bonds. The largest absolute Gasteiger partial charge is 0.474 e. The van der Waals surface area contributed by atoms with Gasteiger partial charge in [0.05, 0.1) is 13.0 Å². The van der Waals surface area contributed by atoms with E-state index in [0.29, 0.717) is 31.0 Å². The minimum Gasteiger partial charge on any atom is -0.474 e. The van der Waals surface area contributed by atoms with Gasteiger partial charge in [-0.05, 0) is 51.5 Å². The van der Waals surface area contributed by atoms with Crippen LogP contribution in [-0.4, -0.2) is 36.7 Å². The van der Waals surface area contributed by atoms with E-state index in [1.807, 2.05) is 25.7 Å². The average molecular weight is 353 g/mol. The van der Waals surface area contributed by atoms with Gasteiger partial charge >= 0.3 is 5.97 Å². The number of hydrogen-bond acceptors (Lipinski definition) is 4. The number of rotatable bonds is 4. The number of piperidine rings is 1. The summed E-state index contributed by atoms with van der Waals surface area (Å²) < 4.78 is 37.6. The second kappa shape index (κ2) is 7.42. The standard InChI is InChI=1S/C19H25F2NO3/c1-12(25-19(2,3)4)22-9-8-14(18(23)24-5)15(11-22)13-6-7-16(20)17(21)10-13/h6-7,10,14-15H,1,8-9,11H2,2-5H3/t14?,15-/m1/s1. The molecule has 1 fully saturated rings. The molecule has 1 saturated heterocycles. The van der Waals surface area contributed by atoms with Crippen molar-refractivity contribution in [3.05, 3.63) is 47.9 Å². The maximum atomic E-state index is 13.7. The normalized spacial score (nSPS) is 21.0. The molecule has 0 saturated carbocycles. The second-order valence-corrected chi connectivity index (χ2v) is 7.25. The molecule has 1 aromatic rings. The molecule has 0 spiro atoms. The van der Waals surface area contributed by atoms with Crippen molar-refractivity contribution in [2.75, 3.05) is 20.2 Å². The van der Waals surface area contributed by atoms with Crippen molar-refractivity contribution in [2.45, 2.75) is 38.7 Å². The molecule has 25 heavy (non-hydrogen) atoms. The van der Waals surface area contributed by atoms with Gasteiger partial charge in [-0.1, -0.05) is 6.07 Å². The van der Waals surface area contributed by atoms with Gasteiger partial charge < -0.3 is 14.4 Å². The van der Waals surface area contributed by atoms with Crippen molar-refractivity contribution in [3.63, 3.8) is 0 Å². The zero-order chi connectivity index (χ0) is 18.8. The van der Waals surface area contributed by atoms with E-state index in [2.05, 4.69) is 6.58 Å². The molecule has 6 heteroatoms. The third kappa shape index (κ3) is 4.71.